The van der Waals surface area contributed by atoms with Gasteiger partial charge in [0.05, 0.1) is 0 Å². The van der Waals surface area contributed by atoms with Gasteiger partial charge in [-0.2, -0.15) is 0 Å². The molecule has 23 heavy (non-hydrogen) atoms. The van der Waals surface area contributed by atoms with Crippen molar-refractivity contribution < 1.29 is 9.59 Å². The molecule has 0 atom stereocenters. The number of amides is 2. The van der Waals surface area contributed by atoms with Crippen LogP contribution in [0.4, 0.5) is 5.69 Å². The van der Waals surface area contributed by atoms with E-state index in [-0.39, 0.29) is 11.8 Å². The van der Waals surface area contributed by atoms with E-state index < -0.39 is 0 Å². The number of nitrogens with one attached hydrogen (secondary N) is 2. The summed E-state index contributed by atoms with van der Waals surface area (Å²) >= 11 is 0. The van der Waals surface area contributed by atoms with Gasteiger partial charge in [0.15, 0.2) is 0 Å². The van der Waals surface area contributed by atoms with Crippen molar-refractivity contribution in [1.82, 2.24) is 5.32 Å². The first-order chi connectivity index (χ1) is 11.0. The molecular weight excluding hydrogens is 288 g/mol. The van der Waals surface area contributed by atoms with Gasteiger partial charge in [0.1, 0.15) is 0 Å². The minimum atomic E-state index is -0.239. The summed E-state index contributed by atoms with van der Waals surface area (Å²) in [5.74, 6) is -0.469. The quantitative estimate of drug-likeness (QED) is 0.831. The molecular formula is C19H20N2O2. The number of carbonyl (C=O) groups excluding carboxylic acids is 2. The van der Waals surface area contributed by atoms with Crippen molar-refractivity contribution in [3.05, 3.63) is 77.4 Å². The third kappa shape index (κ3) is 4.30. The van der Waals surface area contributed by atoms with Gasteiger partial charge in [-0.1, -0.05) is 24.3 Å². The largest absolute Gasteiger partial charge is 0.349 e. The number of aryl methyl sites for hydroxylation is 2. The molecule has 4 heteroatoms. The summed E-state index contributed by atoms with van der Waals surface area (Å²) in [7, 11) is 0. The molecule has 2 aromatic carbocycles. The van der Waals surface area contributed by atoms with E-state index >= 15 is 0 Å². The van der Waals surface area contributed by atoms with Crippen LogP contribution < -0.4 is 10.6 Å². The standard InChI is InChI=1S/C19H20N2O2/c1-4-10-20-18(22)15-6-5-7-16(12-15)19(23)21-17-11-13(2)8-9-14(17)3/h4-9,11-12H,1,10H2,2-3H3,(H,20,22)(H,21,23). The molecule has 118 valence electrons. The molecule has 0 spiro atoms. The Morgan fingerprint density at radius 3 is 2.43 bits per heavy atom. The molecule has 2 amide bonds. The number of hydrogen-bond donors (Lipinski definition) is 2. The molecule has 0 aliphatic carbocycles. The van der Waals surface area contributed by atoms with Crippen LogP contribution in [0.15, 0.2) is 55.1 Å². The average molecular weight is 308 g/mol. The van der Waals surface area contributed by atoms with Crippen molar-refractivity contribution in [1.29, 1.82) is 0 Å². The predicted octanol–water partition coefficient (Wildman–Crippen LogP) is 3.47. The maximum atomic E-state index is 12.4. The summed E-state index contributed by atoms with van der Waals surface area (Å²) in [4.78, 5) is 24.4. The minimum Gasteiger partial charge on any atom is -0.349 e. The summed E-state index contributed by atoms with van der Waals surface area (Å²) in [6.45, 7) is 7.85. The van der Waals surface area contributed by atoms with Crippen molar-refractivity contribution in [3.8, 4) is 0 Å². The lowest BCUT2D eigenvalue weighted by Crippen LogP contribution is -2.23. The molecule has 0 bridgehead atoms. The molecule has 4 nitrogen and oxygen atoms in total. The first-order valence-electron chi connectivity index (χ1n) is 7.39. The van der Waals surface area contributed by atoms with E-state index in [0.29, 0.717) is 17.7 Å². The van der Waals surface area contributed by atoms with Crippen LogP contribution in [-0.4, -0.2) is 18.4 Å². The van der Waals surface area contributed by atoms with Gasteiger partial charge in [-0.15, -0.1) is 6.58 Å². The highest BCUT2D eigenvalue weighted by Gasteiger charge is 2.11. The molecule has 0 aromatic heterocycles. The maximum Gasteiger partial charge on any atom is 0.255 e. The summed E-state index contributed by atoms with van der Waals surface area (Å²) in [5, 5.41) is 5.58. The zero-order chi connectivity index (χ0) is 16.8. The molecule has 0 aliphatic rings. The average Bonchev–Trinajstić information content (AvgIpc) is 2.56. The Bertz CT molecular complexity index is 751. The van der Waals surface area contributed by atoms with Gasteiger partial charge in [-0.25, -0.2) is 0 Å². The van der Waals surface area contributed by atoms with Crippen molar-refractivity contribution in [2.45, 2.75) is 13.8 Å². The van der Waals surface area contributed by atoms with Crippen molar-refractivity contribution in [2.24, 2.45) is 0 Å². The van der Waals surface area contributed by atoms with Crippen molar-refractivity contribution in [3.63, 3.8) is 0 Å². The number of anilines is 1. The molecule has 0 heterocycles. The van der Waals surface area contributed by atoms with E-state index in [1.165, 1.54) is 0 Å². The second-order valence-corrected chi connectivity index (χ2v) is 5.35. The van der Waals surface area contributed by atoms with Gasteiger partial charge in [0, 0.05) is 23.4 Å². The van der Waals surface area contributed by atoms with E-state index in [1.807, 2.05) is 32.0 Å². The number of benzene rings is 2. The molecule has 0 fully saturated rings. The van der Waals surface area contributed by atoms with E-state index in [2.05, 4.69) is 17.2 Å². The molecule has 2 rings (SSSR count). The predicted molar refractivity (Wildman–Crippen MR) is 92.8 cm³/mol. The van der Waals surface area contributed by atoms with Crippen LogP contribution in [0.2, 0.25) is 0 Å². The van der Waals surface area contributed by atoms with E-state index in [9.17, 15) is 9.59 Å². The summed E-state index contributed by atoms with van der Waals surface area (Å²) < 4.78 is 0. The van der Waals surface area contributed by atoms with Gasteiger partial charge in [-0.05, 0) is 49.2 Å². The highest BCUT2D eigenvalue weighted by molar-refractivity contribution is 6.06. The SMILES string of the molecule is C=CCNC(=O)c1cccc(C(=O)Nc2cc(C)ccc2C)c1. The summed E-state index contributed by atoms with van der Waals surface area (Å²) in [6.07, 6.45) is 1.61. The molecule has 0 radical (unpaired) electrons. The molecule has 2 N–H and O–H groups in total. The van der Waals surface area contributed by atoms with E-state index in [1.54, 1.807) is 30.3 Å². The van der Waals surface area contributed by atoms with Crippen LogP contribution in [0.5, 0.6) is 0 Å². The molecule has 2 aromatic rings. The van der Waals surface area contributed by atoms with Gasteiger partial charge in [0.25, 0.3) is 11.8 Å². The molecule has 0 saturated carbocycles. The maximum absolute atomic E-state index is 12.4. The number of carbonyl (C=O) groups is 2. The van der Waals surface area contributed by atoms with Crippen LogP contribution in [0.1, 0.15) is 31.8 Å². The van der Waals surface area contributed by atoms with Gasteiger partial charge >= 0.3 is 0 Å². The van der Waals surface area contributed by atoms with E-state index in [4.69, 9.17) is 0 Å². The normalized spacial score (nSPS) is 10.0. The van der Waals surface area contributed by atoms with E-state index in [0.717, 1.165) is 16.8 Å². The fourth-order valence-electron chi connectivity index (χ4n) is 2.13. The van der Waals surface area contributed by atoms with Crippen LogP contribution in [0, 0.1) is 13.8 Å². The Morgan fingerprint density at radius 1 is 1.04 bits per heavy atom. The monoisotopic (exact) mass is 308 g/mol. The Morgan fingerprint density at radius 2 is 1.74 bits per heavy atom. The number of rotatable bonds is 5. The lowest BCUT2D eigenvalue weighted by Gasteiger charge is -2.10. The van der Waals surface area contributed by atoms with Crippen molar-refractivity contribution >= 4 is 17.5 Å². The van der Waals surface area contributed by atoms with Crippen LogP contribution in [0.25, 0.3) is 0 Å². The van der Waals surface area contributed by atoms with Gasteiger partial charge < -0.3 is 10.6 Å². The second-order valence-electron chi connectivity index (χ2n) is 5.35. The summed E-state index contributed by atoms with van der Waals surface area (Å²) in [5.41, 5.74) is 3.72. The zero-order valence-electron chi connectivity index (χ0n) is 13.3. The van der Waals surface area contributed by atoms with Crippen LogP contribution >= 0.6 is 0 Å². The molecule has 0 saturated heterocycles. The third-order valence-corrected chi connectivity index (χ3v) is 3.44. The van der Waals surface area contributed by atoms with Gasteiger partial charge in [-0.3, -0.25) is 9.59 Å². The smallest absolute Gasteiger partial charge is 0.255 e. The Hall–Kier alpha value is -2.88. The van der Waals surface area contributed by atoms with Gasteiger partial charge in [0.2, 0.25) is 0 Å². The summed E-state index contributed by atoms with van der Waals surface area (Å²) in [6, 6.07) is 12.5. The molecule has 0 unspecified atom stereocenters. The third-order valence-electron chi connectivity index (χ3n) is 3.44. The highest BCUT2D eigenvalue weighted by Crippen LogP contribution is 2.17. The lowest BCUT2D eigenvalue weighted by molar-refractivity contribution is 0.0958. The van der Waals surface area contributed by atoms with Crippen LogP contribution in [-0.2, 0) is 0 Å². The molecule has 0 aliphatic heterocycles. The first kappa shape index (κ1) is 16.5. The Balaban J connectivity index is 2.18. The first-order valence-corrected chi connectivity index (χ1v) is 7.39. The minimum absolute atomic E-state index is 0.230. The number of hydrogen-bond acceptors (Lipinski definition) is 2. The Kier molecular flexibility index (Phi) is 5.31. The van der Waals surface area contributed by atoms with Crippen LogP contribution in [0.3, 0.4) is 0 Å². The zero-order valence-corrected chi connectivity index (χ0v) is 13.3. The fraction of sp³-hybridized carbons (Fsp3) is 0.158. The Labute approximate surface area is 136 Å². The van der Waals surface area contributed by atoms with Crippen molar-refractivity contribution in [2.75, 3.05) is 11.9 Å². The second kappa shape index (κ2) is 7.40. The highest BCUT2D eigenvalue weighted by atomic mass is 16.2. The fourth-order valence-corrected chi connectivity index (χ4v) is 2.13. The topological polar surface area (TPSA) is 58.2 Å². The lowest BCUT2D eigenvalue weighted by atomic mass is 10.1.